The van der Waals surface area contributed by atoms with Crippen molar-refractivity contribution in [2.75, 3.05) is 24.2 Å². The molecule has 8 heteroatoms. The molecule has 0 bridgehead atoms. The maximum atomic E-state index is 13.9. The second kappa shape index (κ2) is 8.41. The quantitative estimate of drug-likeness (QED) is 0.579. The van der Waals surface area contributed by atoms with Crippen molar-refractivity contribution in [2.45, 2.75) is 31.7 Å². The van der Waals surface area contributed by atoms with Crippen LogP contribution in [-0.4, -0.2) is 43.0 Å². The number of piperidine rings is 1. The number of amides is 1. The van der Waals surface area contributed by atoms with Crippen molar-refractivity contribution < 1.29 is 17.6 Å². The predicted octanol–water partition coefficient (Wildman–Crippen LogP) is 4.07. The molecule has 0 radical (unpaired) electrons. The van der Waals surface area contributed by atoms with Crippen molar-refractivity contribution in [1.29, 1.82) is 0 Å². The number of carbonyl (C=O) groups is 1. The zero-order valence-corrected chi connectivity index (χ0v) is 19.3. The van der Waals surface area contributed by atoms with E-state index in [9.17, 15) is 17.6 Å². The molecule has 1 aromatic heterocycles. The first-order chi connectivity index (χ1) is 15.8. The minimum Gasteiger partial charge on any atom is -0.371 e. The molecular weight excluding hydrogens is 441 g/mol. The van der Waals surface area contributed by atoms with E-state index in [1.54, 1.807) is 12.3 Å². The SMILES string of the molecule is CS(=O)(=O)N(C(=O)C1CCN(c2ccnc3ccc(F)cc23)CC1)C1CCc2ccccc21. The lowest BCUT2D eigenvalue weighted by Crippen LogP contribution is -2.46. The number of hydrogen-bond donors (Lipinski definition) is 0. The van der Waals surface area contributed by atoms with Gasteiger partial charge in [0.05, 0.1) is 17.8 Å². The van der Waals surface area contributed by atoms with Gasteiger partial charge < -0.3 is 4.90 Å². The highest BCUT2D eigenvalue weighted by atomic mass is 32.2. The lowest BCUT2D eigenvalue weighted by Gasteiger charge is -2.37. The largest absolute Gasteiger partial charge is 0.371 e. The van der Waals surface area contributed by atoms with Crippen LogP contribution in [0.15, 0.2) is 54.7 Å². The standard InChI is InChI=1S/C25H26FN3O3S/c1-33(31,32)29(24-9-6-17-4-2-3-5-20(17)24)25(30)18-11-14-28(15-12-18)23-10-13-27-22-8-7-19(26)16-21(22)23/h2-5,7-8,10,13,16,18,24H,6,9,11-12,14-15H2,1H3. The Labute approximate surface area is 193 Å². The fourth-order valence-electron chi connectivity index (χ4n) is 5.25. The molecule has 2 aliphatic rings. The van der Waals surface area contributed by atoms with Gasteiger partial charge in [-0.2, -0.15) is 0 Å². The summed E-state index contributed by atoms with van der Waals surface area (Å²) in [5, 5.41) is 0.739. The number of aromatic nitrogens is 1. The number of nitrogens with zero attached hydrogens (tertiary/aromatic N) is 3. The van der Waals surface area contributed by atoms with Crippen LogP contribution in [0.3, 0.4) is 0 Å². The summed E-state index contributed by atoms with van der Waals surface area (Å²) in [5.74, 6) is -1.000. The van der Waals surface area contributed by atoms with Crippen molar-refractivity contribution in [2.24, 2.45) is 5.92 Å². The minimum absolute atomic E-state index is 0.315. The van der Waals surface area contributed by atoms with E-state index in [0.717, 1.165) is 44.7 Å². The van der Waals surface area contributed by atoms with Crippen LogP contribution in [0.5, 0.6) is 0 Å². The van der Waals surface area contributed by atoms with Crippen LogP contribution >= 0.6 is 0 Å². The molecule has 2 heterocycles. The van der Waals surface area contributed by atoms with Crippen LogP contribution in [0.25, 0.3) is 10.9 Å². The number of benzene rings is 2. The lowest BCUT2D eigenvalue weighted by atomic mass is 9.94. The molecule has 6 nitrogen and oxygen atoms in total. The van der Waals surface area contributed by atoms with E-state index in [4.69, 9.17) is 0 Å². The van der Waals surface area contributed by atoms with Crippen LogP contribution in [-0.2, 0) is 21.2 Å². The van der Waals surface area contributed by atoms with E-state index in [0.29, 0.717) is 32.4 Å². The molecule has 2 aromatic carbocycles. The van der Waals surface area contributed by atoms with E-state index in [2.05, 4.69) is 9.88 Å². The number of sulfonamides is 1. The summed E-state index contributed by atoms with van der Waals surface area (Å²) in [6.07, 6.45) is 5.29. The van der Waals surface area contributed by atoms with E-state index < -0.39 is 16.1 Å². The van der Waals surface area contributed by atoms with Gasteiger partial charge in [-0.1, -0.05) is 24.3 Å². The monoisotopic (exact) mass is 467 g/mol. The number of halogens is 1. The zero-order valence-electron chi connectivity index (χ0n) is 18.4. The number of hydrogen-bond acceptors (Lipinski definition) is 5. The van der Waals surface area contributed by atoms with Gasteiger partial charge in [-0.05, 0) is 61.1 Å². The number of rotatable bonds is 4. The molecule has 1 amide bonds. The van der Waals surface area contributed by atoms with Crippen LogP contribution < -0.4 is 4.90 Å². The second-order valence-corrected chi connectivity index (χ2v) is 10.8. The molecule has 1 saturated heterocycles. The highest BCUT2D eigenvalue weighted by molar-refractivity contribution is 7.88. The minimum atomic E-state index is -3.72. The summed E-state index contributed by atoms with van der Waals surface area (Å²) in [5.41, 5.74) is 3.64. The van der Waals surface area contributed by atoms with E-state index >= 15 is 0 Å². The summed E-state index contributed by atoms with van der Waals surface area (Å²) in [6.45, 7) is 1.18. The Morgan fingerprint density at radius 1 is 1.09 bits per heavy atom. The zero-order chi connectivity index (χ0) is 23.2. The molecule has 3 aromatic rings. The highest BCUT2D eigenvalue weighted by Crippen LogP contribution is 2.39. The Balaban J connectivity index is 1.36. The molecule has 5 rings (SSSR count). The average Bonchev–Trinajstić information content (AvgIpc) is 3.21. The van der Waals surface area contributed by atoms with Crippen molar-refractivity contribution in [3.63, 3.8) is 0 Å². The van der Waals surface area contributed by atoms with Gasteiger partial charge >= 0.3 is 0 Å². The van der Waals surface area contributed by atoms with Crippen LogP contribution in [0.1, 0.15) is 36.4 Å². The Bertz CT molecular complexity index is 1320. The van der Waals surface area contributed by atoms with Gasteiger partial charge in [-0.15, -0.1) is 0 Å². The number of anilines is 1. The molecule has 1 unspecified atom stereocenters. The van der Waals surface area contributed by atoms with Gasteiger partial charge in [0.2, 0.25) is 15.9 Å². The fraction of sp³-hybridized carbons (Fsp3) is 0.360. The highest BCUT2D eigenvalue weighted by Gasteiger charge is 2.40. The molecule has 1 aliphatic carbocycles. The number of aryl methyl sites for hydroxylation is 1. The van der Waals surface area contributed by atoms with Gasteiger partial charge in [0.25, 0.3) is 0 Å². The Hall–Kier alpha value is -3.00. The number of carbonyl (C=O) groups excluding carboxylic acids is 1. The summed E-state index contributed by atoms with van der Waals surface area (Å²) in [7, 11) is -3.72. The first-order valence-corrected chi connectivity index (χ1v) is 13.1. The first-order valence-electron chi connectivity index (χ1n) is 11.2. The Morgan fingerprint density at radius 3 is 2.61 bits per heavy atom. The summed E-state index contributed by atoms with van der Waals surface area (Å²) >= 11 is 0. The Morgan fingerprint density at radius 2 is 1.85 bits per heavy atom. The Kier molecular flexibility index (Phi) is 5.56. The normalized spacial score (nSPS) is 19.0. The molecule has 172 valence electrons. The summed E-state index contributed by atoms with van der Waals surface area (Å²) in [4.78, 5) is 20.0. The van der Waals surface area contributed by atoms with Gasteiger partial charge in [0.1, 0.15) is 5.82 Å². The molecule has 0 N–H and O–H groups in total. The number of fused-ring (bicyclic) bond motifs is 2. The van der Waals surface area contributed by atoms with Crippen LogP contribution in [0, 0.1) is 11.7 Å². The smallest absolute Gasteiger partial charge is 0.239 e. The molecule has 1 atom stereocenters. The lowest BCUT2D eigenvalue weighted by molar-refractivity contribution is -0.132. The van der Waals surface area contributed by atoms with Crippen molar-refractivity contribution >= 4 is 32.5 Å². The van der Waals surface area contributed by atoms with Crippen molar-refractivity contribution in [3.05, 3.63) is 71.7 Å². The van der Waals surface area contributed by atoms with Gasteiger partial charge in [0.15, 0.2) is 0 Å². The molecule has 0 saturated carbocycles. The third kappa shape index (κ3) is 4.08. The number of pyridine rings is 1. The van der Waals surface area contributed by atoms with Crippen molar-refractivity contribution in [3.8, 4) is 0 Å². The van der Waals surface area contributed by atoms with E-state index in [1.807, 2.05) is 30.3 Å². The summed E-state index contributed by atoms with van der Waals surface area (Å²) in [6, 6.07) is 13.7. The third-order valence-electron chi connectivity index (χ3n) is 6.82. The topological polar surface area (TPSA) is 70.6 Å². The molecule has 1 fully saturated rings. The van der Waals surface area contributed by atoms with Gasteiger partial charge in [-0.3, -0.25) is 9.78 Å². The van der Waals surface area contributed by atoms with Crippen molar-refractivity contribution in [1.82, 2.24) is 9.29 Å². The van der Waals surface area contributed by atoms with Gasteiger partial charge in [0, 0.05) is 36.3 Å². The van der Waals surface area contributed by atoms with Crippen LogP contribution in [0.2, 0.25) is 0 Å². The molecule has 0 spiro atoms. The maximum absolute atomic E-state index is 13.9. The fourth-order valence-corrected chi connectivity index (χ4v) is 6.41. The average molecular weight is 468 g/mol. The second-order valence-electron chi connectivity index (χ2n) is 8.90. The predicted molar refractivity (Wildman–Crippen MR) is 126 cm³/mol. The van der Waals surface area contributed by atoms with Gasteiger partial charge in [-0.25, -0.2) is 17.1 Å². The molecular formula is C25H26FN3O3S. The first kappa shape index (κ1) is 21.8. The third-order valence-corrected chi connectivity index (χ3v) is 7.97. The van der Waals surface area contributed by atoms with Crippen LogP contribution in [0.4, 0.5) is 10.1 Å². The van der Waals surface area contributed by atoms with E-state index in [1.165, 1.54) is 12.1 Å². The van der Waals surface area contributed by atoms with E-state index in [-0.39, 0.29) is 17.6 Å². The summed E-state index contributed by atoms with van der Waals surface area (Å²) < 4.78 is 40.4. The molecule has 1 aliphatic heterocycles. The maximum Gasteiger partial charge on any atom is 0.239 e. The molecule has 33 heavy (non-hydrogen) atoms.